The van der Waals surface area contributed by atoms with Crippen LogP contribution in [0.2, 0.25) is 0 Å². The second kappa shape index (κ2) is 8.19. The van der Waals surface area contributed by atoms with Crippen molar-refractivity contribution in [2.45, 2.75) is 0 Å². The zero-order valence-corrected chi connectivity index (χ0v) is 19.8. The minimum atomic E-state index is 1.00. The molecule has 35 heavy (non-hydrogen) atoms. The van der Waals surface area contributed by atoms with Gasteiger partial charge >= 0.3 is 0 Å². The van der Waals surface area contributed by atoms with E-state index in [1.54, 1.807) is 11.3 Å². The first kappa shape index (κ1) is 20.1. The summed E-state index contributed by atoms with van der Waals surface area (Å²) in [5.74, 6) is 0. The smallest absolute Gasteiger partial charge is 0.0714 e. The zero-order chi connectivity index (χ0) is 23.2. The van der Waals surface area contributed by atoms with Gasteiger partial charge in [-0.25, -0.2) is 0 Å². The topological polar surface area (TPSA) is 12.9 Å². The maximum absolute atomic E-state index is 4.96. The fourth-order valence-electron chi connectivity index (χ4n) is 5.27. The maximum Gasteiger partial charge on any atom is 0.0714 e. The van der Waals surface area contributed by atoms with E-state index in [0.717, 1.165) is 11.3 Å². The van der Waals surface area contributed by atoms with Crippen LogP contribution in [0.5, 0.6) is 0 Å². The Kier molecular flexibility index (Phi) is 4.71. The molecule has 0 aliphatic heterocycles. The third-order valence-electron chi connectivity index (χ3n) is 6.82. The molecule has 7 aromatic rings. The molecular weight excluding hydrogens is 442 g/mol. The number of benzene rings is 5. The van der Waals surface area contributed by atoms with Crippen molar-refractivity contribution in [1.29, 1.82) is 0 Å². The van der Waals surface area contributed by atoms with Gasteiger partial charge in [0.05, 0.1) is 5.69 Å². The molecule has 0 N–H and O–H groups in total. The average Bonchev–Trinajstić information content (AvgIpc) is 3.47. The summed E-state index contributed by atoms with van der Waals surface area (Å²) < 4.78 is 0. The summed E-state index contributed by atoms with van der Waals surface area (Å²) >= 11 is 1.74. The van der Waals surface area contributed by atoms with Gasteiger partial charge in [0.15, 0.2) is 0 Å². The lowest BCUT2D eigenvalue weighted by Gasteiger charge is -2.18. The van der Waals surface area contributed by atoms with Crippen molar-refractivity contribution in [3.05, 3.63) is 127 Å². The summed E-state index contributed by atoms with van der Waals surface area (Å²) in [4.78, 5) is 6.20. The summed E-state index contributed by atoms with van der Waals surface area (Å²) in [5.41, 5.74) is 5.90. The van der Waals surface area contributed by atoms with Gasteiger partial charge in [-0.15, -0.1) is 11.3 Å². The normalized spacial score (nSPS) is 11.4. The first-order valence-electron chi connectivity index (χ1n) is 11.8. The highest BCUT2D eigenvalue weighted by molar-refractivity contribution is 7.13. The molecule has 0 radical (unpaired) electrons. The van der Waals surface area contributed by atoms with Crippen molar-refractivity contribution in [2.75, 3.05) is 0 Å². The van der Waals surface area contributed by atoms with Gasteiger partial charge in [-0.05, 0) is 67.0 Å². The molecule has 2 heteroatoms. The van der Waals surface area contributed by atoms with Crippen molar-refractivity contribution in [1.82, 2.24) is 4.98 Å². The molecule has 1 nitrogen and oxygen atoms in total. The number of thiophene rings is 1. The van der Waals surface area contributed by atoms with Crippen LogP contribution in [0.1, 0.15) is 0 Å². The number of nitrogens with zero attached hydrogens (tertiary/aromatic N) is 1. The Morgan fingerprint density at radius 3 is 1.74 bits per heavy atom. The van der Waals surface area contributed by atoms with Crippen molar-refractivity contribution >= 4 is 43.7 Å². The van der Waals surface area contributed by atoms with E-state index >= 15 is 0 Å². The fourth-order valence-corrected chi connectivity index (χ4v) is 5.99. The molecule has 7 rings (SSSR count). The van der Waals surface area contributed by atoms with Gasteiger partial charge in [0.25, 0.3) is 0 Å². The van der Waals surface area contributed by atoms with E-state index in [0.29, 0.717) is 0 Å². The van der Waals surface area contributed by atoms with Crippen molar-refractivity contribution in [2.24, 2.45) is 0 Å². The van der Waals surface area contributed by atoms with Gasteiger partial charge in [-0.1, -0.05) is 97.1 Å². The van der Waals surface area contributed by atoms with E-state index < -0.39 is 0 Å². The standard InChI is InChI=1S/C33H21NS/c1-2-11-24-22(9-1)10-7-16-25(24)32-26-12-3-5-14-28(26)33(29-15-6-4-13-27(29)32)30-19-18-23(21-34-30)31-17-8-20-35-31/h1-21H. The Labute approximate surface area is 208 Å². The first-order valence-corrected chi connectivity index (χ1v) is 12.7. The molecule has 0 amide bonds. The monoisotopic (exact) mass is 463 g/mol. The van der Waals surface area contributed by atoms with Crippen LogP contribution in [0.3, 0.4) is 0 Å². The summed E-state index contributed by atoms with van der Waals surface area (Å²) in [7, 11) is 0. The number of aromatic nitrogens is 1. The SMILES string of the molecule is c1csc(-c2ccc(-c3c4ccccc4c(-c4cccc5ccccc45)c4ccccc34)nc2)c1. The molecule has 2 aromatic heterocycles. The minimum Gasteiger partial charge on any atom is -0.256 e. The largest absolute Gasteiger partial charge is 0.256 e. The number of rotatable bonds is 3. The van der Waals surface area contributed by atoms with Crippen LogP contribution in [0, 0.1) is 0 Å². The summed E-state index contributed by atoms with van der Waals surface area (Å²) in [6.45, 7) is 0. The Bertz CT molecular complexity index is 1770. The molecule has 0 atom stereocenters. The Balaban J connectivity index is 1.57. The van der Waals surface area contributed by atoms with Crippen molar-refractivity contribution in [3.63, 3.8) is 0 Å². The summed E-state index contributed by atoms with van der Waals surface area (Å²) in [5, 5.41) is 9.60. The summed E-state index contributed by atoms with van der Waals surface area (Å²) in [6, 6.07) is 41.4. The number of hydrogen-bond acceptors (Lipinski definition) is 2. The quantitative estimate of drug-likeness (QED) is 0.238. The van der Waals surface area contributed by atoms with Crippen LogP contribution in [-0.2, 0) is 0 Å². The van der Waals surface area contributed by atoms with Crippen LogP contribution < -0.4 is 0 Å². The highest BCUT2D eigenvalue weighted by Gasteiger charge is 2.18. The molecule has 0 unspecified atom stereocenters. The molecule has 5 aromatic carbocycles. The van der Waals surface area contributed by atoms with E-state index in [-0.39, 0.29) is 0 Å². The van der Waals surface area contributed by atoms with Crippen LogP contribution in [-0.4, -0.2) is 4.98 Å². The van der Waals surface area contributed by atoms with Gasteiger partial charge in [-0.3, -0.25) is 4.98 Å². The van der Waals surface area contributed by atoms with E-state index in [9.17, 15) is 0 Å². The number of fused-ring (bicyclic) bond motifs is 3. The first-order chi connectivity index (χ1) is 17.4. The molecule has 0 spiro atoms. The van der Waals surface area contributed by atoms with Crippen LogP contribution in [0.15, 0.2) is 127 Å². The van der Waals surface area contributed by atoms with Crippen LogP contribution in [0.4, 0.5) is 0 Å². The second-order valence-corrected chi connectivity index (χ2v) is 9.72. The molecule has 0 aliphatic carbocycles. The molecule has 0 bridgehead atoms. The number of hydrogen-bond donors (Lipinski definition) is 0. The van der Waals surface area contributed by atoms with Crippen molar-refractivity contribution < 1.29 is 0 Å². The summed E-state index contributed by atoms with van der Waals surface area (Å²) in [6.07, 6.45) is 2.00. The van der Waals surface area contributed by atoms with Crippen LogP contribution in [0.25, 0.3) is 65.1 Å². The van der Waals surface area contributed by atoms with Gasteiger partial charge in [0.1, 0.15) is 0 Å². The maximum atomic E-state index is 4.96. The van der Waals surface area contributed by atoms with Crippen LogP contribution >= 0.6 is 11.3 Å². The third-order valence-corrected chi connectivity index (χ3v) is 7.73. The lowest BCUT2D eigenvalue weighted by atomic mass is 9.86. The third kappa shape index (κ3) is 3.26. The fraction of sp³-hybridized carbons (Fsp3) is 0. The highest BCUT2D eigenvalue weighted by Crippen LogP contribution is 2.44. The van der Waals surface area contributed by atoms with Gasteiger partial charge in [-0.2, -0.15) is 0 Å². The predicted octanol–water partition coefficient (Wildman–Crippen LogP) is 9.60. The van der Waals surface area contributed by atoms with Gasteiger partial charge in [0.2, 0.25) is 0 Å². The van der Waals surface area contributed by atoms with E-state index in [2.05, 4.69) is 121 Å². The predicted molar refractivity (Wildman–Crippen MR) is 151 cm³/mol. The molecule has 164 valence electrons. The second-order valence-electron chi connectivity index (χ2n) is 8.78. The Hall–Kier alpha value is -4.27. The van der Waals surface area contributed by atoms with E-state index in [1.165, 1.54) is 53.9 Å². The van der Waals surface area contributed by atoms with Gasteiger partial charge in [0, 0.05) is 22.2 Å². The molecule has 0 fully saturated rings. The molecular formula is C33H21NS. The average molecular weight is 464 g/mol. The Morgan fingerprint density at radius 2 is 1.11 bits per heavy atom. The molecule has 2 heterocycles. The van der Waals surface area contributed by atoms with E-state index in [1.807, 2.05) is 6.20 Å². The Morgan fingerprint density at radius 1 is 0.486 bits per heavy atom. The van der Waals surface area contributed by atoms with E-state index in [4.69, 9.17) is 4.98 Å². The zero-order valence-electron chi connectivity index (χ0n) is 19.0. The molecule has 0 aliphatic rings. The lowest BCUT2D eigenvalue weighted by Crippen LogP contribution is -1.93. The lowest BCUT2D eigenvalue weighted by molar-refractivity contribution is 1.34. The molecule has 0 saturated heterocycles. The van der Waals surface area contributed by atoms with Gasteiger partial charge < -0.3 is 0 Å². The van der Waals surface area contributed by atoms with Crippen molar-refractivity contribution in [3.8, 4) is 32.8 Å². The minimum absolute atomic E-state index is 1.00. The number of pyridine rings is 1. The molecule has 0 saturated carbocycles. The highest BCUT2D eigenvalue weighted by atomic mass is 32.1.